The largest absolute Gasteiger partial charge is 0.355 e. The van der Waals surface area contributed by atoms with Crippen LogP contribution in [0.4, 0.5) is 5.69 Å². The van der Waals surface area contributed by atoms with Gasteiger partial charge < -0.3 is 5.32 Å². The maximum Gasteiger partial charge on any atom is 0.264 e. The standard InChI is InChI=1S/C19H23IN2O3S/c1-15(2)12-13-21-19(23)14-22(17-10-8-16(20)9-11-17)26(24,25)18-6-4-3-5-7-18/h3-11,15H,12-14H2,1-2H3,(H,21,23). The van der Waals surface area contributed by atoms with Crippen LogP contribution in [0.25, 0.3) is 0 Å². The predicted molar refractivity (Wildman–Crippen MR) is 113 cm³/mol. The lowest BCUT2D eigenvalue weighted by molar-refractivity contribution is -0.119. The highest BCUT2D eigenvalue weighted by atomic mass is 127. The highest BCUT2D eigenvalue weighted by Gasteiger charge is 2.26. The molecule has 2 aromatic carbocycles. The molecule has 0 bridgehead atoms. The quantitative estimate of drug-likeness (QED) is 0.580. The SMILES string of the molecule is CC(C)CCNC(=O)CN(c1ccc(I)cc1)S(=O)(=O)c1ccccc1. The lowest BCUT2D eigenvalue weighted by atomic mass is 10.1. The monoisotopic (exact) mass is 486 g/mol. The second-order valence-electron chi connectivity index (χ2n) is 6.33. The number of nitrogens with zero attached hydrogens (tertiary/aromatic N) is 1. The molecule has 0 aliphatic carbocycles. The highest BCUT2D eigenvalue weighted by Crippen LogP contribution is 2.24. The van der Waals surface area contributed by atoms with E-state index in [-0.39, 0.29) is 17.3 Å². The molecule has 0 spiro atoms. The van der Waals surface area contributed by atoms with Gasteiger partial charge in [0.1, 0.15) is 6.54 Å². The van der Waals surface area contributed by atoms with Crippen LogP contribution in [0.5, 0.6) is 0 Å². The smallest absolute Gasteiger partial charge is 0.264 e. The molecule has 0 aliphatic heterocycles. The summed E-state index contributed by atoms with van der Waals surface area (Å²) in [6.07, 6.45) is 0.848. The van der Waals surface area contributed by atoms with Gasteiger partial charge in [-0.1, -0.05) is 32.0 Å². The van der Waals surface area contributed by atoms with E-state index in [4.69, 9.17) is 0 Å². The molecular weight excluding hydrogens is 463 g/mol. The van der Waals surface area contributed by atoms with Gasteiger partial charge in [0, 0.05) is 10.1 Å². The molecule has 0 saturated carbocycles. The van der Waals surface area contributed by atoms with Crippen molar-refractivity contribution in [2.45, 2.75) is 25.2 Å². The lowest BCUT2D eigenvalue weighted by Crippen LogP contribution is -2.41. The average Bonchev–Trinajstić information content (AvgIpc) is 2.61. The Hall–Kier alpha value is -1.61. The number of rotatable bonds is 8. The number of nitrogens with one attached hydrogen (secondary N) is 1. The maximum atomic E-state index is 13.1. The van der Waals surface area contributed by atoms with Gasteiger partial charge in [-0.15, -0.1) is 0 Å². The van der Waals surface area contributed by atoms with Gasteiger partial charge in [0.25, 0.3) is 10.0 Å². The summed E-state index contributed by atoms with van der Waals surface area (Å²) in [5.74, 6) is 0.152. The van der Waals surface area contributed by atoms with Crippen LogP contribution in [0.1, 0.15) is 20.3 Å². The van der Waals surface area contributed by atoms with Crippen LogP contribution >= 0.6 is 22.6 Å². The number of benzene rings is 2. The van der Waals surface area contributed by atoms with Crippen molar-refractivity contribution in [1.82, 2.24) is 5.32 Å². The molecule has 140 valence electrons. The summed E-state index contributed by atoms with van der Waals surface area (Å²) in [6, 6.07) is 15.2. The first-order chi connectivity index (χ1) is 12.3. The van der Waals surface area contributed by atoms with Crippen LogP contribution in [0.3, 0.4) is 0 Å². The third-order valence-corrected chi connectivity index (χ3v) is 6.28. The predicted octanol–water partition coefficient (Wildman–Crippen LogP) is 3.65. The van der Waals surface area contributed by atoms with Gasteiger partial charge in [0.05, 0.1) is 10.6 Å². The van der Waals surface area contributed by atoms with Crippen molar-refractivity contribution in [3.63, 3.8) is 0 Å². The molecule has 2 rings (SSSR count). The number of amides is 1. The van der Waals surface area contributed by atoms with Crippen molar-refractivity contribution in [3.8, 4) is 0 Å². The van der Waals surface area contributed by atoms with E-state index in [2.05, 4.69) is 41.8 Å². The molecular formula is C19H23IN2O3S. The first-order valence-electron chi connectivity index (χ1n) is 8.41. The van der Waals surface area contributed by atoms with Gasteiger partial charge in [0.15, 0.2) is 0 Å². The minimum atomic E-state index is -3.83. The molecule has 0 saturated heterocycles. The maximum absolute atomic E-state index is 13.1. The molecule has 1 amide bonds. The molecule has 0 unspecified atom stereocenters. The lowest BCUT2D eigenvalue weighted by Gasteiger charge is -2.24. The zero-order chi connectivity index (χ0) is 19.2. The third kappa shape index (κ3) is 5.70. The summed E-state index contributed by atoms with van der Waals surface area (Å²) in [4.78, 5) is 12.5. The van der Waals surface area contributed by atoms with E-state index in [1.165, 1.54) is 12.1 Å². The van der Waals surface area contributed by atoms with E-state index in [0.717, 1.165) is 14.3 Å². The second kappa shape index (κ2) is 9.36. The first kappa shape index (κ1) is 20.7. The minimum Gasteiger partial charge on any atom is -0.355 e. The van der Waals surface area contributed by atoms with Gasteiger partial charge in [-0.25, -0.2) is 8.42 Å². The fraction of sp³-hybridized carbons (Fsp3) is 0.316. The van der Waals surface area contributed by atoms with Gasteiger partial charge >= 0.3 is 0 Å². The number of carbonyl (C=O) groups is 1. The Morgan fingerprint density at radius 2 is 1.69 bits per heavy atom. The van der Waals surface area contributed by atoms with Crippen molar-refractivity contribution in [3.05, 3.63) is 58.2 Å². The molecule has 2 aromatic rings. The Bertz CT molecular complexity index is 822. The molecule has 26 heavy (non-hydrogen) atoms. The Morgan fingerprint density at radius 3 is 2.27 bits per heavy atom. The fourth-order valence-electron chi connectivity index (χ4n) is 2.33. The second-order valence-corrected chi connectivity index (χ2v) is 9.44. The van der Waals surface area contributed by atoms with Gasteiger partial charge in [-0.05, 0) is 71.3 Å². The van der Waals surface area contributed by atoms with Crippen molar-refractivity contribution >= 4 is 44.2 Å². The molecule has 0 atom stereocenters. The van der Waals surface area contributed by atoms with E-state index in [1.807, 2.05) is 12.1 Å². The van der Waals surface area contributed by atoms with Crippen molar-refractivity contribution in [2.24, 2.45) is 5.92 Å². The van der Waals surface area contributed by atoms with Gasteiger partial charge in [-0.2, -0.15) is 0 Å². The Morgan fingerprint density at radius 1 is 1.08 bits per heavy atom. The summed E-state index contributed by atoms with van der Waals surface area (Å²) in [5.41, 5.74) is 0.466. The molecule has 7 heteroatoms. The number of carbonyl (C=O) groups excluding carboxylic acids is 1. The fourth-order valence-corrected chi connectivity index (χ4v) is 4.13. The topological polar surface area (TPSA) is 66.5 Å². The summed E-state index contributed by atoms with van der Waals surface area (Å²) < 4.78 is 28.3. The van der Waals surface area contributed by atoms with Crippen LogP contribution in [-0.2, 0) is 14.8 Å². The van der Waals surface area contributed by atoms with E-state index in [0.29, 0.717) is 18.2 Å². The molecule has 0 aliphatic rings. The normalized spacial score (nSPS) is 11.4. The first-order valence-corrected chi connectivity index (χ1v) is 10.9. The van der Waals surface area contributed by atoms with Gasteiger partial charge in [0.2, 0.25) is 5.91 Å². The summed E-state index contributed by atoms with van der Waals surface area (Å²) in [7, 11) is -3.83. The molecule has 1 N–H and O–H groups in total. The van der Waals surface area contributed by atoms with Crippen molar-refractivity contribution in [1.29, 1.82) is 0 Å². The number of anilines is 1. The summed E-state index contributed by atoms with van der Waals surface area (Å²) >= 11 is 2.15. The zero-order valence-corrected chi connectivity index (χ0v) is 17.8. The van der Waals surface area contributed by atoms with E-state index < -0.39 is 10.0 Å². The Labute approximate surface area is 169 Å². The van der Waals surface area contributed by atoms with Crippen LogP contribution in [0.2, 0.25) is 0 Å². The van der Waals surface area contributed by atoms with E-state index in [9.17, 15) is 13.2 Å². The molecule has 0 fully saturated rings. The van der Waals surface area contributed by atoms with Crippen molar-refractivity contribution in [2.75, 3.05) is 17.4 Å². The number of hydrogen-bond acceptors (Lipinski definition) is 3. The third-order valence-electron chi connectivity index (χ3n) is 3.78. The van der Waals surface area contributed by atoms with Crippen LogP contribution < -0.4 is 9.62 Å². The molecule has 0 heterocycles. The zero-order valence-electron chi connectivity index (χ0n) is 14.9. The molecule has 0 radical (unpaired) electrons. The number of halogens is 1. The van der Waals surface area contributed by atoms with E-state index >= 15 is 0 Å². The van der Waals surface area contributed by atoms with Crippen LogP contribution in [-0.4, -0.2) is 27.4 Å². The summed E-state index contributed by atoms with van der Waals surface area (Å²) in [6.45, 7) is 4.42. The highest BCUT2D eigenvalue weighted by molar-refractivity contribution is 14.1. The minimum absolute atomic E-state index is 0.161. The summed E-state index contributed by atoms with van der Waals surface area (Å²) in [5, 5.41) is 2.80. The number of hydrogen-bond donors (Lipinski definition) is 1. The van der Waals surface area contributed by atoms with Crippen LogP contribution in [0, 0.1) is 9.49 Å². The Kier molecular flexibility index (Phi) is 7.45. The molecule has 0 aromatic heterocycles. The van der Waals surface area contributed by atoms with Gasteiger partial charge in [-0.3, -0.25) is 9.10 Å². The Balaban J connectivity index is 2.28. The number of sulfonamides is 1. The van der Waals surface area contributed by atoms with Crippen LogP contribution in [0.15, 0.2) is 59.5 Å². The van der Waals surface area contributed by atoms with E-state index in [1.54, 1.807) is 30.3 Å². The molecule has 5 nitrogen and oxygen atoms in total. The average molecular weight is 486 g/mol. The van der Waals surface area contributed by atoms with Crippen molar-refractivity contribution < 1.29 is 13.2 Å².